The lowest BCUT2D eigenvalue weighted by Gasteiger charge is -2.19. The first kappa shape index (κ1) is 24.1. The minimum atomic E-state index is 0. The Balaban J connectivity index is 0.00000392. The van der Waals surface area contributed by atoms with E-state index in [4.69, 9.17) is 13.9 Å². The minimum absolute atomic E-state index is 0. The Morgan fingerprint density at radius 1 is 1.18 bits per heavy atom. The summed E-state index contributed by atoms with van der Waals surface area (Å²) >= 11 is 0. The molecule has 2 rings (SSSR count). The van der Waals surface area contributed by atoms with Crippen molar-refractivity contribution < 1.29 is 13.9 Å². The van der Waals surface area contributed by atoms with Crippen molar-refractivity contribution >= 4 is 29.9 Å². The first-order valence-corrected chi connectivity index (χ1v) is 9.28. The summed E-state index contributed by atoms with van der Waals surface area (Å²) in [5, 5.41) is 6.59. The summed E-state index contributed by atoms with van der Waals surface area (Å²) in [6.45, 7) is 11.5. The second kappa shape index (κ2) is 11.8. The molecule has 28 heavy (non-hydrogen) atoms. The maximum absolute atomic E-state index is 5.71. The molecule has 0 bridgehead atoms. The number of benzene rings is 1. The Hall–Kier alpha value is -1.97. The zero-order valence-electron chi connectivity index (χ0n) is 17.5. The van der Waals surface area contributed by atoms with Crippen molar-refractivity contribution in [3.8, 4) is 11.5 Å². The molecule has 0 aliphatic heterocycles. The van der Waals surface area contributed by atoms with Crippen molar-refractivity contribution in [2.75, 3.05) is 20.3 Å². The number of oxazole rings is 1. The van der Waals surface area contributed by atoms with Crippen LogP contribution in [0.25, 0.3) is 0 Å². The Labute approximate surface area is 184 Å². The first-order chi connectivity index (χ1) is 13.0. The first-order valence-electron chi connectivity index (χ1n) is 9.28. The van der Waals surface area contributed by atoms with Crippen LogP contribution in [0.1, 0.15) is 49.7 Å². The van der Waals surface area contributed by atoms with Gasteiger partial charge in [0, 0.05) is 7.05 Å². The van der Waals surface area contributed by atoms with Crippen molar-refractivity contribution in [3.63, 3.8) is 0 Å². The van der Waals surface area contributed by atoms with Crippen molar-refractivity contribution in [1.82, 2.24) is 15.6 Å². The number of rotatable bonds is 8. The average molecular weight is 502 g/mol. The molecular formula is C20H31IN4O3. The van der Waals surface area contributed by atoms with Gasteiger partial charge in [-0.2, -0.15) is 0 Å². The van der Waals surface area contributed by atoms with Crippen LogP contribution in [0.5, 0.6) is 11.5 Å². The number of hydrogen-bond donors (Lipinski definition) is 2. The lowest BCUT2D eigenvalue weighted by atomic mass is 10.1. The van der Waals surface area contributed by atoms with Gasteiger partial charge in [-0.25, -0.2) is 4.98 Å². The largest absolute Gasteiger partial charge is 0.490 e. The third kappa shape index (κ3) is 6.57. The zero-order chi connectivity index (χ0) is 19.8. The second-order valence-corrected chi connectivity index (χ2v) is 6.11. The standard InChI is InChI=1S/C20H30N4O3.HI/c1-7-25-17-10-9-16(11-18(17)26-8-2)14(4)24-20(21-6)22-12-19-23-13(3)15(5)27-19;/h9-11,14H,7-8,12H2,1-6H3,(H2,21,22,24);1H. The molecule has 1 aromatic heterocycles. The highest BCUT2D eigenvalue weighted by Gasteiger charge is 2.13. The van der Waals surface area contributed by atoms with Gasteiger partial charge in [-0.15, -0.1) is 24.0 Å². The molecule has 0 aliphatic rings. The van der Waals surface area contributed by atoms with Gasteiger partial charge >= 0.3 is 0 Å². The van der Waals surface area contributed by atoms with Gasteiger partial charge in [-0.3, -0.25) is 4.99 Å². The fourth-order valence-corrected chi connectivity index (χ4v) is 2.59. The van der Waals surface area contributed by atoms with E-state index in [9.17, 15) is 0 Å². The van der Waals surface area contributed by atoms with E-state index in [-0.39, 0.29) is 30.0 Å². The van der Waals surface area contributed by atoms with Crippen LogP contribution in [0.15, 0.2) is 27.6 Å². The van der Waals surface area contributed by atoms with Crippen molar-refractivity contribution in [2.24, 2.45) is 4.99 Å². The van der Waals surface area contributed by atoms with Crippen molar-refractivity contribution in [2.45, 2.75) is 47.2 Å². The Kier molecular flexibility index (Phi) is 10.1. The van der Waals surface area contributed by atoms with E-state index in [1.54, 1.807) is 7.05 Å². The van der Waals surface area contributed by atoms with Gasteiger partial charge < -0.3 is 24.5 Å². The molecule has 0 amide bonds. The molecule has 0 saturated heterocycles. The molecular weight excluding hydrogens is 471 g/mol. The maximum Gasteiger partial charge on any atom is 0.214 e. The molecule has 1 atom stereocenters. The lowest BCUT2D eigenvalue weighted by molar-refractivity contribution is 0.287. The number of hydrogen-bond acceptors (Lipinski definition) is 5. The molecule has 2 aromatic rings. The molecule has 0 radical (unpaired) electrons. The molecule has 0 aliphatic carbocycles. The van der Waals surface area contributed by atoms with Gasteiger partial charge in [-0.05, 0) is 52.3 Å². The molecule has 7 nitrogen and oxygen atoms in total. The van der Waals surface area contributed by atoms with E-state index in [0.29, 0.717) is 31.6 Å². The van der Waals surface area contributed by atoms with Crippen molar-refractivity contribution in [3.05, 3.63) is 41.1 Å². The van der Waals surface area contributed by atoms with E-state index >= 15 is 0 Å². The van der Waals surface area contributed by atoms with Crippen LogP contribution < -0.4 is 20.1 Å². The fraction of sp³-hybridized carbons (Fsp3) is 0.500. The van der Waals surface area contributed by atoms with Crippen molar-refractivity contribution in [1.29, 1.82) is 0 Å². The van der Waals surface area contributed by atoms with E-state index in [1.807, 2.05) is 45.9 Å². The van der Waals surface area contributed by atoms with E-state index in [0.717, 1.165) is 28.5 Å². The second-order valence-electron chi connectivity index (χ2n) is 6.11. The number of guanidine groups is 1. The summed E-state index contributed by atoms with van der Waals surface area (Å²) in [7, 11) is 1.73. The summed E-state index contributed by atoms with van der Waals surface area (Å²) in [4.78, 5) is 8.64. The van der Waals surface area contributed by atoms with E-state index in [1.165, 1.54) is 0 Å². The smallest absolute Gasteiger partial charge is 0.214 e. The van der Waals surface area contributed by atoms with Crippen LogP contribution in [0.2, 0.25) is 0 Å². The number of aryl methyl sites for hydroxylation is 2. The summed E-state index contributed by atoms with van der Waals surface area (Å²) in [6, 6.07) is 6.00. The van der Waals surface area contributed by atoms with Gasteiger partial charge in [-0.1, -0.05) is 6.07 Å². The summed E-state index contributed by atoms with van der Waals surface area (Å²) in [6.07, 6.45) is 0. The molecule has 1 unspecified atom stereocenters. The van der Waals surface area contributed by atoms with Crippen LogP contribution in [0.4, 0.5) is 0 Å². The van der Waals surface area contributed by atoms with E-state index < -0.39 is 0 Å². The molecule has 1 aromatic carbocycles. The Morgan fingerprint density at radius 2 is 1.86 bits per heavy atom. The zero-order valence-corrected chi connectivity index (χ0v) is 19.8. The Morgan fingerprint density at radius 3 is 2.43 bits per heavy atom. The number of halogens is 1. The predicted molar refractivity (Wildman–Crippen MR) is 122 cm³/mol. The fourth-order valence-electron chi connectivity index (χ4n) is 2.59. The Bertz CT molecular complexity index is 757. The van der Waals surface area contributed by atoms with Crippen LogP contribution in [-0.4, -0.2) is 31.2 Å². The highest BCUT2D eigenvalue weighted by molar-refractivity contribution is 14.0. The summed E-state index contributed by atoms with van der Waals surface area (Å²) < 4.78 is 16.9. The van der Waals surface area contributed by atoms with Crippen LogP contribution in [0.3, 0.4) is 0 Å². The minimum Gasteiger partial charge on any atom is -0.490 e. The normalized spacial score (nSPS) is 12.1. The third-order valence-electron chi connectivity index (χ3n) is 4.12. The van der Waals surface area contributed by atoms with Gasteiger partial charge in [0.2, 0.25) is 5.89 Å². The molecule has 2 N–H and O–H groups in total. The molecule has 1 heterocycles. The topological polar surface area (TPSA) is 80.9 Å². The van der Waals surface area contributed by atoms with Crippen LogP contribution >= 0.6 is 24.0 Å². The number of aromatic nitrogens is 1. The molecule has 0 saturated carbocycles. The van der Waals surface area contributed by atoms with Crippen LogP contribution in [0, 0.1) is 13.8 Å². The highest BCUT2D eigenvalue weighted by Crippen LogP contribution is 2.30. The molecule has 8 heteroatoms. The SMILES string of the molecule is CCOc1ccc(C(C)NC(=NC)NCc2nc(C)c(C)o2)cc1OCC.I. The number of ether oxygens (including phenoxy) is 2. The van der Waals surface area contributed by atoms with Crippen LogP contribution in [-0.2, 0) is 6.54 Å². The van der Waals surface area contributed by atoms with Gasteiger partial charge in [0.15, 0.2) is 17.5 Å². The lowest BCUT2D eigenvalue weighted by Crippen LogP contribution is -2.38. The maximum atomic E-state index is 5.71. The number of nitrogens with one attached hydrogen (secondary N) is 2. The summed E-state index contributed by atoms with van der Waals surface area (Å²) in [5.41, 5.74) is 1.98. The molecule has 0 spiro atoms. The summed E-state index contributed by atoms with van der Waals surface area (Å²) in [5.74, 6) is 3.65. The number of aliphatic imine (C=N–C) groups is 1. The van der Waals surface area contributed by atoms with Gasteiger partial charge in [0.25, 0.3) is 0 Å². The number of nitrogens with zero attached hydrogens (tertiary/aromatic N) is 2. The monoisotopic (exact) mass is 502 g/mol. The van der Waals surface area contributed by atoms with E-state index in [2.05, 4.69) is 27.5 Å². The predicted octanol–water partition coefficient (Wildman–Crippen LogP) is 4.13. The van der Waals surface area contributed by atoms with Gasteiger partial charge in [0.1, 0.15) is 5.76 Å². The highest BCUT2D eigenvalue weighted by atomic mass is 127. The molecule has 156 valence electrons. The molecule has 0 fully saturated rings. The average Bonchev–Trinajstić information content (AvgIpc) is 2.98. The quantitative estimate of drug-likeness (QED) is 0.321. The third-order valence-corrected chi connectivity index (χ3v) is 4.12. The van der Waals surface area contributed by atoms with Gasteiger partial charge in [0.05, 0.1) is 31.5 Å².